The molecule has 0 spiro atoms. The number of H-pyrrole nitrogens is 1. The van der Waals surface area contributed by atoms with Crippen LogP contribution < -0.4 is 0 Å². The summed E-state index contributed by atoms with van der Waals surface area (Å²) in [5, 5.41) is 8.96. The molecule has 0 aliphatic heterocycles. The fourth-order valence-electron chi connectivity index (χ4n) is 1.89. The number of alkyl halides is 3. The number of halogens is 4. The van der Waals surface area contributed by atoms with E-state index in [-0.39, 0.29) is 17.0 Å². The predicted molar refractivity (Wildman–Crippen MR) is 73.7 cm³/mol. The first-order valence-corrected chi connectivity index (χ1v) is 6.54. The Labute approximate surface area is 126 Å². The van der Waals surface area contributed by atoms with Crippen molar-refractivity contribution in [1.29, 1.82) is 5.26 Å². The Morgan fingerprint density at radius 1 is 1.33 bits per heavy atom. The molecule has 7 heteroatoms. The Hall–Kier alpha value is -2.07. The second-order valence-corrected chi connectivity index (χ2v) is 5.19. The van der Waals surface area contributed by atoms with Crippen molar-refractivity contribution in [2.45, 2.75) is 13.1 Å². The van der Waals surface area contributed by atoms with E-state index < -0.39 is 11.9 Å². The topological polar surface area (TPSA) is 56.6 Å². The standard InChI is InChI=1S/C14H8BrF3N2O/c1-7(21)9-3-2-8(4-11(9)15)10-5-13(14(16,17)18)20-12(10)6-19/h2-5,20H,1H3. The highest BCUT2D eigenvalue weighted by Gasteiger charge is 2.33. The molecule has 0 unspecified atom stereocenters. The third kappa shape index (κ3) is 3.00. The number of nitrogens with zero attached hydrogens (tertiary/aromatic N) is 1. The summed E-state index contributed by atoms with van der Waals surface area (Å²) in [6.45, 7) is 1.39. The van der Waals surface area contributed by atoms with Gasteiger partial charge in [0, 0.05) is 15.6 Å². The van der Waals surface area contributed by atoms with Crippen LogP contribution in [-0.2, 0) is 6.18 Å². The lowest BCUT2D eigenvalue weighted by Crippen LogP contribution is -2.04. The molecule has 0 amide bonds. The van der Waals surface area contributed by atoms with E-state index in [2.05, 4.69) is 20.9 Å². The Bertz CT molecular complexity index is 757. The molecule has 0 atom stereocenters. The number of Topliss-reactive ketones (excluding diaryl/α,β-unsaturated/α-hetero) is 1. The van der Waals surface area contributed by atoms with Crippen molar-refractivity contribution >= 4 is 21.7 Å². The molecule has 0 saturated heterocycles. The molecule has 3 nitrogen and oxygen atoms in total. The number of nitrogens with one attached hydrogen (secondary N) is 1. The van der Waals surface area contributed by atoms with E-state index in [0.29, 0.717) is 15.6 Å². The van der Waals surface area contributed by atoms with Gasteiger partial charge < -0.3 is 4.98 Å². The van der Waals surface area contributed by atoms with E-state index in [0.717, 1.165) is 6.07 Å². The number of aromatic nitrogens is 1. The minimum atomic E-state index is -4.56. The van der Waals surface area contributed by atoms with Crippen LogP contribution in [0.4, 0.5) is 13.2 Å². The second-order valence-electron chi connectivity index (χ2n) is 4.33. The number of ketones is 1. The summed E-state index contributed by atoms with van der Waals surface area (Å²) in [6, 6.07) is 7.11. The average molecular weight is 357 g/mol. The lowest BCUT2D eigenvalue weighted by molar-refractivity contribution is -0.140. The van der Waals surface area contributed by atoms with E-state index in [1.165, 1.54) is 25.1 Å². The maximum atomic E-state index is 12.7. The van der Waals surface area contributed by atoms with Crippen LogP contribution in [0.25, 0.3) is 11.1 Å². The summed E-state index contributed by atoms with van der Waals surface area (Å²) >= 11 is 3.20. The Morgan fingerprint density at radius 3 is 2.48 bits per heavy atom. The number of rotatable bonds is 2. The largest absolute Gasteiger partial charge is 0.431 e. The van der Waals surface area contributed by atoms with Crippen LogP contribution in [0, 0.1) is 11.3 Å². The summed E-state index contributed by atoms with van der Waals surface area (Å²) in [5.74, 6) is -0.168. The maximum absolute atomic E-state index is 12.7. The fourth-order valence-corrected chi connectivity index (χ4v) is 2.55. The molecule has 0 saturated carbocycles. The Morgan fingerprint density at radius 2 is 2.00 bits per heavy atom. The monoisotopic (exact) mass is 356 g/mol. The number of hydrogen-bond acceptors (Lipinski definition) is 2. The van der Waals surface area contributed by atoms with Crippen LogP contribution in [0.1, 0.15) is 28.7 Å². The van der Waals surface area contributed by atoms with Crippen molar-refractivity contribution in [2.24, 2.45) is 0 Å². The summed E-state index contributed by atoms with van der Waals surface area (Å²) in [7, 11) is 0. The number of nitriles is 1. The third-order valence-electron chi connectivity index (χ3n) is 2.89. The van der Waals surface area contributed by atoms with Crippen LogP contribution in [0.3, 0.4) is 0 Å². The van der Waals surface area contributed by atoms with Crippen molar-refractivity contribution in [3.8, 4) is 17.2 Å². The lowest BCUT2D eigenvalue weighted by Gasteiger charge is -2.04. The number of carbonyl (C=O) groups is 1. The van der Waals surface area contributed by atoms with Crippen LogP contribution in [0.2, 0.25) is 0 Å². The van der Waals surface area contributed by atoms with Gasteiger partial charge in [0.05, 0.1) is 0 Å². The zero-order chi connectivity index (χ0) is 15.8. The third-order valence-corrected chi connectivity index (χ3v) is 3.55. The van der Waals surface area contributed by atoms with Crippen LogP contribution in [-0.4, -0.2) is 10.8 Å². The zero-order valence-corrected chi connectivity index (χ0v) is 12.3. The molecule has 2 rings (SSSR count). The first-order valence-electron chi connectivity index (χ1n) is 5.75. The summed E-state index contributed by atoms with van der Waals surface area (Å²) in [4.78, 5) is 13.4. The zero-order valence-electron chi connectivity index (χ0n) is 10.7. The molecular formula is C14H8BrF3N2O. The lowest BCUT2D eigenvalue weighted by atomic mass is 10.0. The highest BCUT2D eigenvalue weighted by molar-refractivity contribution is 9.10. The molecule has 0 bridgehead atoms. The molecule has 0 radical (unpaired) electrons. The van der Waals surface area contributed by atoms with Crippen molar-refractivity contribution in [3.63, 3.8) is 0 Å². The molecule has 0 fully saturated rings. The van der Waals surface area contributed by atoms with E-state index in [1.807, 2.05) is 0 Å². The van der Waals surface area contributed by atoms with Gasteiger partial charge in [-0.25, -0.2) is 0 Å². The molecular weight excluding hydrogens is 349 g/mol. The minimum absolute atomic E-state index is 0.139. The van der Waals surface area contributed by atoms with Gasteiger partial charge in [-0.2, -0.15) is 18.4 Å². The van der Waals surface area contributed by atoms with Crippen LogP contribution >= 0.6 is 15.9 Å². The predicted octanol–water partition coefficient (Wildman–Crippen LogP) is 4.54. The van der Waals surface area contributed by atoms with E-state index in [9.17, 15) is 18.0 Å². The molecule has 1 aromatic heterocycles. The van der Waals surface area contributed by atoms with Crippen molar-refractivity contribution in [2.75, 3.05) is 0 Å². The summed E-state index contributed by atoms with van der Waals surface area (Å²) in [5.41, 5.74) is -0.190. The van der Waals surface area contributed by atoms with Gasteiger partial charge in [-0.1, -0.05) is 22.0 Å². The molecule has 0 aliphatic rings. The van der Waals surface area contributed by atoms with Gasteiger partial charge in [0.2, 0.25) is 0 Å². The van der Waals surface area contributed by atoms with Gasteiger partial charge in [0.1, 0.15) is 17.5 Å². The number of benzene rings is 1. The molecule has 0 aliphatic carbocycles. The maximum Gasteiger partial charge on any atom is 0.431 e. The fraction of sp³-hybridized carbons (Fsp3) is 0.143. The molecule has 21 heavy (non-hydrogen) atoms. The summed E-state index contributed by atoms with van der Waals surface area (Å²) in [6.07, 6.45) is -4.56. The van der Waals surface area contributed by atoms with Crippen LogP contribution in [0.15, 0.2) is 28.7 Å². The van der Waals surface area contributed by atoms with Crippen molar-refractivity contribution < 1.29 is 18.0 Å². The molecule has 1 aromatic carbocycles. The number of carbonyl (C=O) groups excluding carboxylic acids is 1. The van der Waals surface area contributed by atoms with Crippen molar-refractivity contribution in [1.82, 2.24) is 4.98 Å². The van der Waals surface area contributed by atoms with Gasteiger partial charge in [-0.05, 0) is 30.7 Å². The SMILES string of the molecule is CC(=O)c1ccc(-c2cc(C(F)(F)F)[nH]c2C#N)cc1Br. The number of hydrogen-bond donors (Lipinski definition) is 1. The molecule has 1 N–H and O–H groups in total. The second kappa shape index (κ2) is 5.37. The molecule has 2 aromatic rings. The van der Waals surface area contributed by atoms with Gasteiger partial charge in [-0.15, -0.1) is 0 Å². The van der Waals surface area contributed by atoms with Gasteiger partial charge in [0.15, 0.2) is 5.78 Å². The van der Waals surface area contributed by atoms with Gasteiger partial charge in [0.25, 0.3) is 0 Å². The Kier molecular flexibility index (Phi) is 3.92. The number of aromatic amines is 1. The van der Waals surface area contributed by atoms with E-state index in [4.69, 9.17) is 5.26 Å². The quantitative estimate of drug-likeness (QED) is 0.803. The highest BCUT2D eigenvalue weighted by Crippen LogP contribution is 2.35. The minimum Gasteiger partial charge on any atom is -0.342 e. The highest BCUT2D eigenvalue weighted by atomic mass is 79.9. The average Bonchev–Trinajstić information content (AvgIpc) is 2.82. The van der Waals surface area contributed by atoms with E-state index >= 15 is 0 Å². The van der Waals surface area contributed by atoms with Gasteiger partial charge >= 0.3 is 6.18 Å². The smallest absolute Gasteiger partial charge is 0.342 e. The summed E-state index contributed by atoms with van der Waals surface area (Å²) < 4.78 is 38.5. The normalized spacial score (nSPS) is 11.2. The Balaban J connectivity index is 2.57. The first-order chi connectivity index (χ1) is 9.74. The van der Waals surface area contributed by atoms with E-state index in [1.54, 1.807) is 6.07 Å². The van der Waals surface area contributed by atoms with Crippen molar-refractivity contribution in [3.05, 3.63) is 45.7 Å². The van der Waals surface area contributed by atoms with Crippen LogP contribution in [0.5, 0.6) is 0 Å². The first kappa shape index (κ1) is 15.3. The molecule has 1 heterocycles. The molecule has 108 valence electrons. The van der Waals surface area contributed by atoms with Gasteiger partial charge in [-0.3, -0.25) is 4.79 Å².